The fraction of sp³-hybridized carbons (Fsp3) is 0.407. The van der Waals surface area contributed by atoms with E-state index in [2.05, 4.69) is 0 Å². The van der Waals surface area contributed by atoms with Gasteiger partial charge in [-0.3, -0.25) is 23.6 Å². The first-order valence-corrected chi connectivity index (χ1v) is 12.4. The molecule has 3 aromatic rings. The van der Waals surface area contributed by atoms with Crippen molar-refractivity contribution in [3.05, 3.63) is 58.3 Å². The van der Waals surface area contributed by atoms with Gasteiger partial charge in [-0.1, -0.05) is 12.1 Å². The van der Waals surface area contributed by atoms with Crippen molar-refractivity contribution < 1.29 is 23.5 Å². The van der Waals surface area contributed by atoms with Gasteiger partial charge in [0.1, 0.15) is 23.6 Å². The highest BCUT2D eigenvalue weighted by Crippen LogP contribution is 2.33. The number of nitrogens with zero attached hydrogens (tertiary/aromatic N) is 4. The molecule has 37 heavy (non-hydrogen) atoms. The molecular formula is C27H29FN4O5. The topological polar surface area (TPSA) is 93.8 Å². The molecule has 2 aliphatic heterocycles. The molecule has 0 spiro atoms. The lowest BCUT2D eigenvalue weighted by Gasteiger charge is -2.32. The summed E-state index contributed by atoms with van der Waals surface area (Å²) >= 11 is 0. The molecule has 0 N–H and O–H groups in total. The van der Waals surface area contributed by atoms with E-state index in [4.69, 9.17) is 4.74 Å². The molecular weight excluding hydrogens is 479 g/mol. The molecule has 2 aromatic carbocycles. The molecule has 1 unspecified atom stereocenters. The number of likely N-dealkylation sites (tertiary alicyclic amines) is 1. The maximum Gasteiger partial charge on any atom is 0.329 e. The number of benzene rings is 2. The molecule has 1 aromatic heterocycles. The Bertz CT molecular complexity index is 1420. The zero-order chi connectivity index (χ0) is 26.3. The summed E-state index contributed by atoms with van der Waals surface area (Å²) in [5.41, 5.74) is 1.04. The summed E-state index contributed by atoms with van der Waals surface area (Å²) in [6.07, 6.45) is 2.51. The van der Waals surface area contributed by atoms with Gasteiger partial charge < -0.3 is 14.4 Å². The van der Waals surface area contributed by atoms with Crippen LogP contribution in [0.2, 0.25) is 0 Å². The Labute approximate surface area is 213 Å². The van der Waals surface area contributed by atoms with Crippen LogP contribution in [-0.2, 0) is 28.0 Å². The molecule has 10 heteroatoms. The van der Waals surface area contributed by atoms with Gasteiger partial charge in [0, 0.05) is 32.5 Å². The van der Waals surface area contributed by atoms with E-state index in [0.717, 1.165) is 11.8 Å². The smallest absolute Gasteiger partial charge is 0.329 e. The van der Waals surface area contributed by atoms with E-state index in [1.54, 1.807) is 43.5 Å². The van der Waals surface area contributed by atoms with Crippen molar-refractivity contribution in [2.75, 3.05) is 25.1 Å². The summed E-state index contributed by atoms with van der Waals surface area (Å²) < 4.78 is 23.5. The van der Waals surface area contributed by atoms with Gasteiger partial charge in [-0.25, -0.2) is 9.18 Å². The third-order valence-corrected chi connectivity index (χ3v) is 7.53. The second-order valence-electron chi connectivity index (χ2n) is 9.66. The Balaban J connectivity index is 1.48. The van der Waals surface area contributed by atoms with E-state index < -0.39 is 23.5 Å². The van der Waals surface area contributed by atoms with Gasteiger partial charge in [0.25, 0.3) is 5.91 Å². The van der Waals surface area contributed by atoms with Gasteiger partial charge in [0.05, 0.1) is 24.9 Å². The number of aldehydes is 1. The van der Waals surface area contributed by atoms with Gasteiger partial charge in [-0.2, -0.15) is 0 Å². The highest BCUT2D eigenvalue weighted by molar-refractivity contribution is 6.00. The van der Waals surface area contributed by atoms with Crippen LogP contribution >= 0.6 is 0 Å². The Morgan fingerprint density at radius 3 is 2.38 bits per heavy atom. The molecule has 0 aliphatic carbocycles. The van der Waals surface area contributed by atoms with Crippen LogP contribution in [0.25, 0.3) is 11.0 Å². The minimum Gasteiger partial charge on any atom is -0.497 e. The number of amides is 2. The first-order chi connectivity index (χ1) is 17.8. The molecule has 2 saturated heterocycles. The van der Waals surface area contributed by atoms with Crippen LogP contribution in [0.15, 0.2) is 41.2 Å². The first-order valence-electron chi connectivity index (χ1n) is 12.4. The fourth-order valence-electron chi connectivity index (χ4n) is 5.38. The predicted molar refractivity (Wildman–Crippen MR) is 135 cm³/mol. The average Bonchev–Trinajstić information content (AvgIpc) is 3.17. The second-order valence-corrected chi connectivity index (χ2v) is 9.66. The number of imide groups is 1. The fourth-order valence-corrected chi connectivity index (χ4v) is 5.38. The number of carbonyl (C=O) groups excluding carboxylic acids is 3. The number of ether oxygens (including phenoxy) is 1. The summed E-state index contributed by atoms with van der Waals surface area (Å²) in [6, 6.07) is 9.44. The molecule has 0 saturated carbocycles. The molecule has 0 radical (unpaired) electrons. The number of rotatable bonds is 6. The highest BCUT2D eigenvalue weighted by atomic mass is 19.1. The van der Waals surface area contributed by atoms with E-state index in [1.165, 1.54) is 21.1 Å². The standard InChI is InChI=1S/C27H29FN4O5/c1-29-25-21(8-7-20(24(25)28)30-13-11-18(16-33)12-14-30)32(27(29)36)22-9-10-23(34)31(26(22)35)15-17-3-5-19(37-2)6-4-17/h3-8,16,18,22H,9-15H2,1-2H3. The largest absolute Gasteiger partial charge is 0.497 e. The van der Waals surface area contributed by atoms with Gasteiger partial charge in [-0.15, -0.1) is 0 Å². The molecule has 2 amide bonds. The average molecular weight is 509 g/mol. The lowest BCUT2D eigenvalue weighted by molar-refractivity contribution is -0.151. The number of carbonyl (C=O) groups is 3. The normalized spacial score (nSPS) is 19.1. The first kappa shape index (κ1) is 24.7. The van der Waals surface area contributed by atoms with Crippen molar-refractivity contribution in [1.29, 1.82) is 0 Å². The van der Waals surface area contributed by atoms with Crippen molar-refractivity contribution in [2.45, 2.75) is 38.3 Å². The number of imidazole rings is 1. The number of fused-ring (bicyclic) bond motifs is 1. The number of anilines is 1. The molecule has 3 heterocycles. The van der Waals surface area contributed by atoms with Crippen LogP contribution in [-0.4, -0.2) is 52.3 Å². The third kappa shape index (κ3) is 4.30. The minimum absolute atomic E-state index is 0.0191. The predicted octanol–water partition coefficient (Wildman–Crippen LogP) is 2.79. The SMILES string of the molecule is COc1ccc(CN2C(=O)CCC(n3c(=O)n(C)c4c(F)c(N5CCC(C=O)CC5)ccc43)C2=O)cc1. The molecule has 1 atom stereocenters. The van der Waals surface area contributed by atoms with E-state index in [1.807, 2.05) is 4.90 Å². The molecule has 5 rings (SSSR count). The monoisotopic (exact) mass is 508 g/mol. The quantitative estimate of drug-likeness (QED) is 0.376. The zero-order valence-electron chi connectivity index (χ0n) is 20.9. The van der Waals surface area contributed by atoms with Crippen LogP contribution in [0.4, 0.5) is 10.1 Å². The van der Waals surface area contributed by atoms with Crippen LogP contribution in [0.5, 0.6) is 5.75 Å². The third-order valence-electron chi connectivity index (χ3n) is 7.53. The van der Waals surface area contributed by atoms with Crippen LogP contribution < -0.4 is 15.3 Å². The number of aryl methyl sites for hydroxylation is 1. The van der Waals surface area contributed by atoms with Crippen LogP contribution in [0, 0.1) is 11.7 Å². The van der Waals surface area contributed by atoms with Gasteiger partial charge >= 0.3 is 5.69 Å². The van der Waals surface area contributed by atoms with Crippen molar-refractivity contribution in [2.24, 2.45) is 13.0 Å². The number of halogens is 1. The van der Waals surface area contributed by atoms with Gasteiger partial charge in [0.15, 0.2) is 5.82 Å². The Morgan fingerprint density at radius 1 is 1.03 bits per heavy atom. The lowest BCUT2D eigenvalue weighted by Crippen LogP contribution is -2.47. The molecule has 0 bridgehead atoms. The maximum atomic E-state index is 15.8. The van der Waals surface area contributed by atoms with Crippen LogP contribution in [0.3, 0.4) is 0 Å². The summed E-state index contributed by atoms with van der Waals surface area (Å²) in [4.78, 5) is 53.6. The summed E-state index contributed by atoms with van der Waals surface area (Å²) in [6.45, 7) is 1.17. The van der Waals surface area contributed by atoms with Crippen LogP contribution in [0.1, 0.15) is 37.3 Å². The Hall–Kier alpha value is -3.95. The van der Waals surface area contributed by atoms with E-state index in [-0.39, 0.29) is 36.7 Å². The summed E-state index contributed by atoms with van der Waals surface area (Å²) in [5, 5.41) is 0. The lowest BCUT2D eigenvalue weighted by atomic mass is 9.98. The Morgan fingerprint density at radius 2 is 1.73 bits per heavy atom. The number of aromatic nitrogens is 2. The summed E-state index contributed by atoms with van der Waals surface area (Å²) in [7, 11) is 3.04. The van der Waals surface area contributed by atoms with Crippen molar-refractivity contribution >= 4 is 34.8 Å². The van der Waals surface area contributed by atoms with E-state index >= 15 is 4.39 Å². The van der Waals surface area contributed by atoms with Crippen molar-refractivity contribution in [3.8, 4) is 5.75 Å². The number of methoxy groups -OCH3 is 1. The highest BCUT2D eigenvalue weighted by Gasteiger charge is 2.38. The van der Waals surface area contributed by atoms with Gasteiger partial charge in [-0.05, 0) is 49.1 Å². The molecule has 9 nitrogen and oxygen atoms in total. The minimum atomic E-state index is -0.916. The summed E-state index contributed by atoms with van der Waals surface area (Å²) in [5.74, 6) is -0.682. The maximum absolute atomic E-state index is 15.8. The molecule has 2 aliphatic rings. The molecule has 2 fully saturated rings. The van der Waals surface area contributed by atoms with E-state index in [0.29, 0.717) is 42.9 Å². The van der Waals surface area contributed by atoms with Gasteiger partial charge in [0.2, 0.25) is 5.91 Å². The second kappa shape index (κ2) is 9.84. The van der Waals surface area contributed by atoms with E-state index in [9.17, 15) is 19.2 Å². The van der Waals surface area contributed by atoms with Crippen molar-refractivity contribution in [1.82, 2.24) is 14.0 Å². The number of piperidine rings is 2. The number of hydrogen-bond acceptors (Lipinski definition) is 6. The van der Waals surface area contributed by atoms with Crippen molar-refractivity contribution in [3.63, 3.8) is 0 Å². The zero-order valence-corrected chi connectivity index (χ0v) is 20.9. The number of hydrogen-bond donors (Lipinski definition) is 0. The molecule has 194 valence electrons. The Kier molecular flexibility index (Phi) is 6.57.